The number of hydrogen-bond acceptors (Lipinski definition) is 1. The molecule has 0 aromatic carbocycles. The van der Waals surface area contributed by atoms with Gasteiger partial charge in [-0.1, -0.05) is 19.8 Å². The molecule has 0 aliphatic heterocycles. The smallest absolute Gasteiger partial charge is 0.232 e. The quantitative estimate of drug-likeness (QED) is 0.455. The zero-order valence-electron chi connectivity index (χ0n) is 5.46. The highest BCUT2D eigenvalue weighted by Gasteiger charge is 1.89. The van der Waals surface area contributed by atoms with Gasteiger partial charge < -0.3 is 0 Å². The first-order valence-electron chi connectivity index (χ1n) is 2.96. The van der Waals surface area contributed by atoms with Crippen LogP contribution in [0.4, 0.5) is 0 Å². The van der Waals surface area contributed by atoms with E-state index in [4.69, 9.17) is 4.55 Å². The van der Waals surface area contributed by atoms with Gasteiger partial charge in [-0.15, -0.1) is 0 Å². The van der Waals surface area contributed by atoms with Crippen molar-refractivity contribution < 1.29 is 8.76 Å². The summed E-state index contributed by atoms with van der Waals surface area (Å²) in [6.45, 7) is 3.68. The minimum absolute atomic E-state index is 0.850. The van der Waals surface area contributed by atoms with Crippen molar-refractivity contribution in [2.75, 3.05) is 0 Å². The summed E-state index contributed by atoms with van der Waals surface area (Å²) in [7, 11) is 0. The number of rotatable bonds is 5. The Balaban J connectivity index is 2.83. The molecule has 0 saturated carbocycles. The summed E-state index contributed by atoms with van der Waals surface area (Å²) in [5.74, 6) is 0. The van der Waals surface area contributed by atoms with E-state index < -0.39 is 11.3 Å². The predicted octanol–water partition coefficient (Wildman–Crippen LogP) is 1.06. The van der Waals surface area contributed by atoms with Crippen LogP contribution in [0.15, 0.2) is 0 Å². The SMILES string of the molecule is CCCC[CH]NS(=O)O. The van der Waals surface area contributed by atoms with E-state index in [9.17, 15) is 4.21 Å². The van der Waals surface area contributed by atoms with Crippen molar-refractivity contribution in [1.82, 2.24) is 4.72 Å². The summed E-state index contributed by atoms with van der Waals surface area (Å²) in [6.07, 6.45) is 3.02. The van der Waals surface area contributed by atoms with Crippen LogP contribution in [0, 0.1) is 6.54 Å². The van der Waals surface area contributed by atoms with Crippen LogP contribution in [0.25, 0.3) is 0 Å². The van der Waals surface area contributed by atoms with E-state index in [2.05, 4.69) is 11.6 Å². The van der Waals surface area contributed by atoms with Gasteiger partial charge in [-0.05, 0) is 6.42 Å². The van der Waals surface area contributed by atoms with Gasteiger partial charge in [0.2, 0.25) is 11.3 Å². The Morgan fingerprint density at radius 2 is 2.44 bits per heavy atom. The second-order valence-corrected chi connectivity index (χ2v) is 2.45. The lowest BCUT2D eigenvalue weighted by atomic mass is 10.3. The van der Waals surface area contributed by atoms with Crippen LogP contribution in [-0.4, -0.2) is 8.76 Å². The maximum absolute atomic E-state index is 9.93. The maximum Gasteiger partial charge on any atom is 0.232 e. The number of nitrogens with one attached hydrogen (secondary N) is 1. The summed E-state index contributed by atoms with van der Waals surface area (Å²) in [5, 5.41) is 0. The molecule has 0 aromatic heterocycles. The van der Waals surface area contributed by atoms with Gasteiger partial charge in [-0.25, -0.2) is 8.93 Å². The maximum atomic E-state index is 9.93. The van der Waals surface area contributed by atoms with E-state index >= 15 is 0 Å². The van der Waals surface area contributed by atoms with Gasteiger partial charge in [0.05, 0.1) is 0 Å². The molecule has 9 heavy (non-hydrogen) atoms. The molecule has 0 spiro atoms. The molecule has 1 radical (unpaired) electrons. The normalized spacial score (nSPS) is 13.6. The fourth-order valence-corrected chi connectivity index (χ4v) is 0.697. The van der Waals surface area contributed by atoms with E-state index in [-0.39, 0.29) is 0 Å². The molecule has 1 unspecified atom stereocenters. The Bertz CT molecular complexity index is 87.0. The van der Waals surface area contributed by atoms with Crippen molar-refractivity contribution in [3.8, 4) is 0 Å². The molecule has 4 heteroatoms. The number of hydrogen-bond donors (Lipinski definition) is 2. The van der Waals surface area contributed by atoms with E-state index in [1.54, 1.807) is 6.54 Å². The molecular weight excluding hydrogens is 138 g/mol. The average molecular weight is 150 g/mol. The molecular formula is C5H12NO2S. The van der Waals surface area contributed by atoms with Crippen LogP contribution in [0.5, 0.6) is 0 Å². The second-order valence-electron chi connectivity index (χ2n) is 1.71. The molecule has 0 bridgehead atoms. The van der Waals surface area contributed by atoms with Crippen molar-refractivity contribution >= 4 is 11.3 Å². The molecule has 0 aliphatic carbocycles. The summed E-state index contributed by atoms with van der Waals surface area (Å²) in [4.78, 5) is 0. The molecule has 0 saturated heterocycles. The first-order chi connectivity index (χ1) is 4.27. The molecule has 0 fully saturated rings. The highest BCUT2D eigenvalue weighted by atomic mass is 32.2. The molecule has 0 rings (SSSR count). The summed E-state index contributed by atoms with van der Waals surface area (Å²) in [5.41, 5.74) is 0. The highest BCUT2D eigenvalue weighted by molar-refractivity contribution is 7.77. The molecule has 0 aromatic rings. The standard InChI is InChI=1S/C5H12NO2S/c1-2-3-4-5-6-9(7)8/h5-6H,2-4H2,1H3,(H,7,8). The zero-order valence-corrected chi connectivity index (χ0v) is 6.28. The van der Waals surface area contributed by atoms with Crippen molar-refractivity contribution in [3.63, 3.8) is 0 Å². The largest absolute Gasteiger partial charge is 0.294 e. The Morgan fingerprint density at radius 3 is 2.89 bits per heavy atom. The number of unbranched alkanes of at least 4 members (excludes halogenated alkanes) is 2. The second kappa shape index (κ2) is 6.19. The monoisotopic (exact) mass is 150 g/mol. The summed E-state index contributed by atoms with van der Waals surface area (Å²) >= 11 is -1.87. The van der Waals surface area contributed by atoms with Crippen LogP contribution in [0.3, 0.4) is 0 Å². The molecule has 2 N–H and O–H groups in total. The zero-order chi connectivity index (χ0) is 7.11. The van der Waals surface area contributed by atoms with Crippen LogP contribution in [0.2, 0.25) is 0 Å². The third-order valence-corrected chi connectivity index (χ3v) is 1.25. The van der Waals surface area contributed by atoms with Gasteiger partial charge in [0, 0.05) is 6.54 Å². The first-order valence-corrected chi connectivity index (χ1v) is 4.06. The van der Waals surface area contributed by atoms with Gasteiger partial charge in [0.25, 0.3) is 0 Å². The fourth-order valence-electron chi connectivity index (χ4n) is 0.436. The molecule has 0 amide bonds. The van der Waals surface area contributed by atoms with Gasteiger partial charge in [-0.3, -0.25) is 4.55 Å². The van der Waals surface area contributed by atoms with E-state index in [1.165, 1.54) is 0 Å². The average Bonchev–Trinajstić information content (AvgIpc) is 1.80. The highest BCUT2D eigenvalue weighted by Crippen LogP contribution is 1.94. The predicted molar refractivity (Wildman–Crippen MR) is 37.7 cm³/mol. The minimum Gasteiger partial charge on any atom is -0.294 e. The molecule has 0 aliphatic rings. The van der Waals surface area contributed by atoms with Crippen molar-refractivity contribution in [1.29, 1.82) is 0 Å². The molecule has 3 nitrogen and oxygen atoms in total. The van der Waals surface area contributed by atoms with E-state index in [0.717, 1.165) is 19.3 Å². The van der Waals surface area contributed by atoms with Crippen LogP contribution in [0.1, 0.15) is 26.2 Å². The van der Waals surface area contributed by atoms with Crippen molar-refractivity contribution in [2.24, 2.45) is 0 Å². The molecule has 0 heterocycles. The van der Waals surface area contributed by atoms with Gasteiger partial charge in [0.1, 0.15) is 0 Å². The van der Waals surface area contributed by atoms with Gasteiger partial charge in [0.15, 0.2) is 0 Å². The van der Waals surface area contributed by atoms with E-state index in [1.807, 2.05) is 0 Å². The Morgan fingerprint density at radius 1 is 1.78 bits per heavy atom. The van der Waals surface area contributed by atoms with Crippen molar-refractivity contribution in [3.05, 3.63) is 6.54 Å². The lowest BCUT2D eigenvalue weighted by Crippen LogP contribution is -2.11. The van der Waals surface area contributed by atoms with Gasteiger partial charge >= 0.3 is 0 Å². The van der Waals surface area contributed by atoms with Crippen molar-refractivity contribution in [2.45, 2.75) is 26.2 Å². The third-order valence-electron chi connectivity index (χ3n) is 0.886. The molecule has 1 atom stereocenters. The minimum atomic E-state index is -1.87. The Kier molecular flexibility index (Phi) is 6.24. The molecule has 55 valence electrons. The lowest BCUT2D eigenvalue weighted by molar-refractivity contribution is 0.553. The van der Waals surface area contributed by atoms with Crippen LogP contribution >= 0.6 is 0 Å². The van der Waals surface area contributed by atoms with E-state index in [0.29, 0.717) is 0 Å². The summed E-state index contributed by atoms with van der Waals surface area (Å²) in [6, 6.07) is 0. The lowest BCUT2D eigenvalue weighted by Gasteiger charge is -1.95. The Hall–Kier alpha value is 0.0700. The van der Waals surface area contributed by atoms with Crippen LogP contribution in [-0.2, 0) is 11.3 Å². The Labute approximate surface area is 58.3 Å². The topological polar surface area (TPSA) is 49.3 Å². The third kappa shape index (κ3) is 8.07. The van der Waals surface area contributed by atoms with Gasteiger partial charge in [-0.2, -0.15) is 0 Å². The first kappa shape index (κ1) is 9.07. The fraction of sp³-hybridized carbons (Fsp3) is 0.800. The summed E-state index contributed by atoms with van der Waals surface area (Å²) < 4.78 is 20.4. The van der Waals surface area contributed by atoms with Crippen LogP contribution < -0.4 is 4.72 Å².